The van der Waals surface area contributed by atoms with Crippen LogP contribution in [0.15, 0.2) is 103 Å². The molecule has 1 saturated carbocycles. The molecule has 1 saturated heterocycles. The van der Waals surface area contributed by atoms with Crippen LogP contribution in [0.25, 0.3) is 0 Å². The number of carbonyl (C=O) groups excluding carboxylic acids is 1. The van der Waals surface area contributed by atoms with Crippen molar-refractivity contribution in [2.24, 2.45) is 11.8 Å². The Morgan fingerprint density at radius 1 is 1.02 bits per heavy atom. The van der Waals surface area contributed by atoms with Crippen LogP contribution in [0.5, 0.6) is 0 Å². The van der Waals surface area contributed by atoms with Crippen molar-refractivity contribution in [2.45, 2.75) is 77.7 Å². The third kappa shape index (κ3) is 13.2. The predicted molar refractivity (Wildman–Crippen MR) is 179 cm³/mol. The number of β-lactam (4-membered cyclic amide) rings is 1. The zero-order valence-electron chi connectivity index (χ0n) is 26.0. The van der Waals surface area contributed by atoms with Crippen molar-refractivity contribution >= 4 is 19.2 Å². The fraction of sp³-hybridized carbons (Fsp3) is 0.457. The smallest absolute Gasteiger partial charge is 0.356 e. The van der Waals surface area contributed by atoms with E-state index in [-0.39, 0.29) is 29.9 Å². The molecule has 1 aliphatic carbocycles. The Morgan fingerprint density at radius 2 is 1.63 bits per heavy atom. The topological polar surface area (TPSA) is 118 Å². The number of aliphatic hydroxyl groups is 2. The number of benzene rings is 1. The van der Waals surface area contributed by atoms with Gasteiger partial charge >= 0.3 is 7.60 Å². The van der Waals surface area contributed by atoms with Crippen LogP contribution < -0.4 is 4.90 Å². The highest BCUT2D eigenvalue weighted by Crippen LogP contribution is 2.45. The number of para-hydroxylation sites is 1. The molecule has 2 atom stereocenters. The highest BCUT2D eigenvalue weighted by molar-refractivity contribution is 7.56. The van der Waals surface area contributed by atoms with Gasteiger partial charge in [0.2, 0.25) is 5.91 Å². The normalized spacial score (nSPS) is 19.1. The minimum Gasteiger partial charge on any atom is -0.393 e. The van der Waals surface area contributed by atoms with E-state index in [1.807, 2.05) is 55.2 Å². The van der Waals surface area contributed by atoms with E-state index >= 15 is 0 Å². The van der Waals surface area contributed by atoms with Gasteiger partial charge in [-0.25, -0.2) is 0 Å². The van der Waals surface area contributed by atoms with Gasteiger partial charge in [0.1, 0.15) is 0 Å². The summed E-state index contributed by atoms with van der Waals surface area (Å²) in [5.41, 5.74) is 3.04. The molecule has 2 aliphatic rings. The third-order valence-electron chi connectivity index (χ3n) is 7.80. The molecule has 1 aliphatic heterocycles. The summed E-state index contributed by atoms with van der Waals surface area (Å²) in [4.78, 5) is 32.3. The van der Waals surface area contributed by atoms with Gasteiger partial charge in [-0.1, -0.05) is 88.3 Å². The van der Waals surface area contributed by atoms with E-state index in [1.54, 1.807) is 18.2 Å². The number of anilines is 1. The van der Waals surface area contributed by atoms with Gasteiger partial charge in [-0.3, -0.25) is 9.36 Å². The molecule has 0 spiro atoms. The van der Waals surface area contributed by atoms with Crippen LogP contribution in [0, 0.1) is 11.8 Å². The summed E-state index contributed by atoms with van der Waals surface area (Å²) < 4.78 is 11.2. The highest BCUT2D eigenvalue weighted by atomic mass is 31.2. The first-order valence-electron chi connectivity index (χ1n) is 15.3. The molecule has 1 aromatic carbocycles. The zero-order chi connectivity index (χ0) is 32.3. The van der Waals surface area contributed by atoms with Crippen molar-refractivity contribution in [1.29, 1.82) is 0 Å². The average Bonchev–Trinajstić information content (AvgIpc) is 3.02. The summed E-state index contributed by atoms with van der Waals surface area (Å²) in [6.07, 6.45) is 18.7. The maximum absolute atomic E-state index is 12.2. The van der Waals surface area contributed by atoms with Gasteiger partial charge in [0.15, 0.2) is 0 Å². The first kappa shape index (κ1) is 38.2. The zero-order valence-corrected chi connectivity index (χ0v) is 26.9. The van der Waals surface area contributed by atoms with Crippen molar-refractivity contribution in [3.8, 4) is 0 Å². The maximum atomic E-state index is 12.2. The number of hydrogen-bond acceptors (Lipinski definition) is 4. The Hall–Kier alpha value is -2.80. The van der Waals surface area contributed by atoms with E-state index in [4.69, 9.17) is 14.9 Å². The molecule has 0 aromatic heterocycles. The lowest BCUT2D eigenvalue weighted by Gasteiger charge is -2.39. The number of amides is 1. The molecule has 238 valence electrons. The number of aliphatic hydroxyl groups excluding tert-OH is 2. The second-order valence-corrected chi connectivity index (χ2v) is 12.2. The van der Waals surface area contributed by atoms with Crippen molar-refractivity contribution in [1.82, 2.24) is 0 Å². The summed E-state index contributed by atoms with van der Waals surface area (Å²) >= 11 is 0. The van der Waals surface area contributed by atoms with E-state index in [0.717, 1.165) is 61.9 Å². The summed E-state index contributed by atoms with van der Waals surface area (Å²) in [7, 11) is -4.28. The van der Waals surface area contributed by atoms with Crippen molar-refractivity contribution in [2.75, 3.05) is 18.1 Å². The van der Waals surface area contributed by atoms with Crippen molar-refractivity contribution in [3.63, 3.8) is 0 Å². The molecule has 1 aromatic rings. The van der Waals surface area contributed by atoms with Gasteiger partial charge in [-0.05, 0) is 73.8 Å². The molecule has 43 heavy (non-hydrogen) atoms. The van der Waals surface area contributed by atoms with Crippen LogP contribution in [-0.4, -0.2) is 45.2 Å². The Kier molecular flexibility index (Phi) is 18.7. The van der Waals surface area contributed by atoms with Crippen molar-refractivity contribution in [3.05, 3.63) is 103 Å². The Labute approximate surface area is 258 Å². The molecule has 0 radical (unpaired) electrons. The molecule has 4 N–H and O–H groups in total. The van der Waals surface area contributed by atoms with Gasteiger partial charge in [0, 0.05) is 12.2 Å². The summed E-state index contributed by atoms with van der Waals surface area (Å²) in [6, 6.07) is 9.84. The fourth-order valence-electron chi connectivity index (χ4n) is 5.30. The van der Waals surface area contributed by atoms with Gasteiger partial charge in [0.25, 0.3) is 0 Å². The monoisotopic (exact) mass is 613 g/mol. The minimum absolute atomic E-state index is 0.0165. The minimum atomic E-state index is -4.28. The van der Waals surface area contributed by atoms with Gasteiger partial charge in [0.05, 0.1) is 23.9 Å². The largest absolute Gasteiger partial charge is 0.393 e. The molecule has 3 rings (SSSR count). The molecule has 1 amide bonds. The summed E-state index contributed by atoms with van der Waals surface area (Å²) in [5, 5.41) is 18.9. The standard InChI is InChI=1S/C18H25NO2.C15H23O4P.C2H4/c20-17(14-7-3-1-4-8-14)12-11-15-13-19(18(15)21)16-9-5-2-6-10-16;1-4-13(9-7-8-12-16)14(5-2)10-11-15(6-3)20(17,18)19;1-2/h2,5-6,9-10,14-15,17,20H,1,3-4,7-8,11-13H2;6-11,16H,3-5,12H2,1-2H3,(H2,17,18,19);1-2H2/b;8-7-,13-9+,14-10+,15-11+;/t15-,17?;;/m1../s1. The average molecular weight is 614 g/mol. The molecular weight excluding hydrogens is 561 g/mol. The maximum Gasteiger partial charge on any atom is 0.356 e. The van der Waals surface area contributed by atoms with E-state index in [0.29, 0.717) is 5.92 Å². The van der Waals surface area contributed by atoms with E-state index in [2.05, 4.69) is 19.7 Å². The number of carbonyl (C=O) groups is 1. The highest BCUT2D eigenvalue weighted by Gasteiger charge is 2.37. The van der Waals surface area contributed by atoms with Gasteiger partial charge in [-0.2, -0.15) is 0 Å². The fourth-order valence-corrected chi connectivity index (χ4v) is 5.80. The Morgan fingerprint density at radius 3 is 2.14 bits per heavy atom. The number of nitrogens with zero attached hydrogens (tertiary/aromatic N) is 1. The lowest BCUT2D eigenvalue weighted by Crippen LogP contribution is -2.52. The summed E-state index contributed by atoms with van der Waals surface area (Å²) in [6.45, 7) is 14.2. The second kappa shape index (κ2) is 21.0. The number of allylic oxidation sites excluding steroid dienone is 8. The molecular formula is C35H52NO6P. The molecule has 8 heteroatoms. The van der Waals surface area contributed by atoms with Crippen LogP contribution in [0.2, 0.25) is 0 Å². The number of rotatable bonds is 13. The molecule has 2 fully saturated rings. The van der Waals surface area contributed by atoms with Crippen LogP contribution >= 0.6 is 7.60 Å². The third-order valence-corrected chi connectivity index (χ3v) is 8.81. The van der Waals surface area contributed by atoms with Gasteiger partial charge < -0.3 is 24.9 Å². The van der Waals surface area contributed by atoms with Crippen LogP contribution in [-0.2, 0) is 9.36 Å². The Bertz CT molecular complexity index is 1140. The van der Waals surface area contributed by atoms with E-state index in [1.165, 1.54) is 31.4 Å². The van der Waals surface area contributed by atoms with Crippen LogP contribution in [0.1, 0.15) is 71.6 Å². The van der Waals surface area contributed by atoms with Crippen LogP contribution in [0.4, 0.5) is 5.69 Å². The Balaban J connectivity index is 0.000000408. The van der Waals surface area contributed by atoms with Crippen molar-refractivity contribution < 1.29 is 29.4 Å². The molecule has 7 nitrogen and oxygen atoms in total. The first-order valence-corrected chi connectivity index (χ1v) is 16.9. The van der Waals surface area contributed by atoms with Crippen LogP contribution in [0.3, 0.4) is 0 Å². The summed E-state index contributed by atoms with van der Waals surface area (Å²) in [5.74, 6) is 0.805. The molecule has 1 unspecified atom stereocenters. The van der Waals surface area contributed by atoms with Gasteiger partial charge in [-0.15, -0.1) is 13.2 Å². The SMILES string of the molecule is C=C.C=C\C(=C/C=C(CC)/C(=C/C=C\CO)CC)P(=O)(O)O.O=C1[C@H](CCC(O)C2CCCCC2)CN1c1ccccc1. The van der Waals surface area contributed by atoms with E-state index in [9.17, 15) is 14.5 Å². The number of hydrogen-bond donors (Lipinski definition) is 4. The quantitative estimate of drug-likeness (QED) is 0.0786. The molecule has 1 heterocycles. The molecule has 0 bridgehead atoms. The predicted octanol–water partition coefficient (Wildman–Crippen LogP) is 7.63. The lowest BCUT2D eigenvalue weighted by molar-refractivity contribution is -0.127. The lowest BCUT2D eigenvalue weighted by atomic mass is 9.82. The second-order valence-electron chi connectivity index (χ2n) is 10.6. The first-order chi connectivity index (χ1) is 20.7. The van der Waals surface area contributed by atoms with E-state index < -0.39 is 7.60 Å².